The van der Waals surface area contributed by atoms with Crippen molar-refractivity contribution >= 4 is 16.8 Å². The number of nitrogens with one attached hydrogen (secondary N) is 2. The minimum absolute atomic E-state index is 0.184. The molecule has 1 aliphatic carbocycles. The molecule has 0 radical (unpaired) electrons. The van der Waals surface area contributed by atoms with Crippen molar-refractivity contribution < 1.29 is 4.79 Å². The lowest BCUT2D eigenvalue weighted by Crippen LogP contribution is -2.50. The second-order valence-electron chi connectivity index (χ2n) is 6.30. The molecule has 20 heavy (non-hydrogen) atoms. The molecule has 2 aromatic rings. The van der Waals surface area contributed by atoms with Crippen molar-refractivity contribution in [2.24, 2.45) is 5.41 Å². The molecule has 1 fully saturated rings. The van der Waals surface area contributed by atoms with Crippen LogP contribution in [-0.2, 0) is 11.2 Å². The van der Waals surface area contributed by atoms with E-state index < -0.39 is 0 Å². The highest BCUT2D eigenvalue weighted by Crippen LogP contribution is 2.51. The summed E-state index contributed by atoms with van der Waals surface area (Å²) >= 11 is 0. The Bertz CT molecular complexity index is 687. The summed E-state index contributed by atoms with van der Waals surface area (Å²) in [6.07, 6.45) is 4.09. The molecular formula is C17H20N2O. The Hall–Kier alpha value is -1.77. The maximum Gasteiger partial charge on any atom is 0.226 e. The summed E-state index contributed by atoms with van der Waals surface area (Å²) in [5.74, 6) is 0.565. The second-order valence-corrected chi connectivity index (χ2v) is 6.30. The molecule has 2 aliphatic rings. The van der Waals surface area contributed by atoms with Crippen LogP contribution in [0.15, 0.2) is 24.3 Å². The van der Waals surface area contributed by atoms with Crippen LogP contribution in [0.5, 0.6) is 0 Å². The van der Waals surface area contributed by atoms with E-state index in [-0.39, 0.29) is 11.3 Å². The Labute approximate surface area is 118 Å². The topological polar surface area (TPSA) is 44.9 Å². The van der Waals surface area contributed by atoms with Crippen molar-refractivity contribution in [3.63, 3.8) is 0 Å². The standard InChI is InChI=1S/C17H20N2O/c1-11-15-12-5-2-3-6-13(12)19-14(15)7-9-17(11)8-4-10-18-16(17)20/h2-3,5-6,11,19H,4,7-10H2,1H3,(H,18,20)/t11-,17+/m1/s1. The second kappa shape index (κ2) is 4.11. The molecular weight excluding hydrogens is 248 g/mol. The Morgan fingerprint density at radius 3 is 2.95 bits per heavy atom. The molecule has 2 atom stereocenters. The fraction of sp³-hybridized carbons (Fsp3) is 0.471. The van der Waals surface area contributed by atoms with Gasteiger partial charge in [-0.15, -0.1) is 0 Å². The predicted octanol–water partition coefficient (Wildman–Crippen LogP) is 3.11. The lowest BCUT2D eigenvalue weighted by atomic mass is 9.62. The number of aromatic amines is 1. The third-order valence-electron chi connectivity index (χ3n) is 5.45. The molecule has 104 valence electrons. The van der Waals surface area contributed by atoms with Crippen LogP contribution in [0.4, 0.5) is 0 Å². The Morgan fingerprint density at radius 2 is 2.10 bits per heavy atom. The molecule has 4 rings (SSSR count). The summed E-state index contributed by atoms with van der Waals surface area (Å²) in [6, 6.07) is 8.47. The summed E-state index contributed by atoms with van der Waals surface area (Å²) in [4.78, 5) is 16.1. The quantitative estimate of drug-likeness (QED) is 0.757. The Balaban J connectivity index is 1.89. The molecule has 1 spiro atoms. The molecule has 1 amide bonds. The number of para-hydroxylation sites is 1. The molecule has 1 aliphatic heterocycles. The fourth-order valence-corrected chi connectivity index (χ4v) is 4.30. The molecule has 2 heterocycles. The maximum absolute atomic E-state index is 12.5. The van der Waals surface area contributed by atoms with E-state index in [0.29, 0.717) is 5.92 Å². The number of aryl methyl sites for hydroxylation is 1. The van der Waals surface area contributed by atoms with E-state index in [2.05, 4.69) is 41.5 Å². The van der Waals surface area contributed by atoms with E-state index in [1.165, 1.54) is 22.2 Å². The van der Waals surface area contributed by atoms with Crippen LogP contribution in [-0.4, -0.2) is 17.4 Å². The molecule has 2 N–H and O–H groups in total. The highest BCUT2D eigenvalue weighted by Gasteiger charge is 2.48. The van der Waals surface area contributed by atoms with E-state index in [4.69, 9.17) is 0 Å². The molecule has 0 unspecified atom stereocenters. The lowest BCUT2D eigenvalue weighted by Gasteiger charge is -2.44. The Kier molecular flexibility index (Phi) is 2.47. The first-order chi connectivity index (χ1) is 9.72. The minimum atomic E-state index is -0.184. The summed E-state index contributed by atoms with van der Waals surface area (Å²) in [7, 11) is 0. The van der Waals surface area contributed by atoms with Crippen molar-refractivity contribution in [2.75, 3.05) is 6.54 Å². The highest BCUT2D eigenvalue weighted by molar-refractivity contribution is 5.90. The number of fused-ring (bicyclic) bond motifs is 3. The minimum Gasteiger partial charge on any atom is -0.358 e. The average Bonchev–Trinajstić information content (AvgIpc) is 2.84. The molecule has 1 aromatic heterocycles. The van der Waals surface area contributed by atoms with E-state index >= 15 is 0 Å². The summed E-state index contributed by atoms with van der Waals surface area (Å²) < 4.78 is 0. The van der Waals surface area contributed by atoms with Gasteiger partial charge in [-0.1, -0.05) is 25.1 Å². The average molecular weight is 268 g/mol. The van der Waals surface area contributed by atoms with Gasteiger partial charge < -0.3 is 10.3 Å². The monoisotopic (exact) mass is 268 g/mol. The third kappa shape index (κ3) is 1.43. The van der Waals surface area contributed by atoms with Gasteiger partial charge in [-0.2, -0.15) is 0 Å². The third-order valence-corrected chi connectivity index (χ3v) is 5.45. The van der Waals surface area contributed by atoms with Gasteiger partial charge in [0.25, 0.3) is 0 Å². The van der Waals surface area contributed by atoms with Crippen LogP contribution in [0.25, 0.3) is 10.9 Å². The number of carbonyl (C=O) groups is 1. The van der Waals surface area contributed by atoms with Gasteiger partial charge in [0.05, 0.1) is 5.41 Å². The van der Waals surface area contributed by atoms with Gasteiger partial charge in [-0.05, 0) is 43.2 Å². The van der Waals surface area contributed by atoms with Crippen LogP contribution in [0.3, 0.4) is 0 Å². The molecule has 3 heteroatoms. The number of hydrogen-bond donors (Lipinski definition) is 2. The number of piperidine rings is 1. The SMILES string of the molecule is C[C@@H]1c2c([nH]c3ccccc23)CC[C@@]12CCCNC2=O. The van der Waals surface area contributed by atoms with Gasteiger partial charge in [-0.3, -0.25) is 4.79 Å². The molecule has 1 aromatic carbocycles. The first-order valence-electron chi connectivity index (χ1n) is 7.60. The van der Waals surface area contributed by atoms with Gasteiger partial charge in [-0.25, -0.2) is 0 Å². The van der Waals surface area contributed by atoms with Gasteiger partial charge in [0.2, 0.25) is 5.91 Å². The molecule has 3 nitrogen and oxygen atoms in total. The number of carbonyl (C=O) groups excluding carboxylic acids is 1. The molecule has 0 saturated carbocycles. The first kappa shape index (κ1) is 12.0. The number of benzene rings is 1. The first-order valence-corrected chi connectivity index (χ1v) is 7.60. The fourth-order valence-electron chi connectivity index (χ4n) is 4.30. The van der Waals surface area contributed by atoms with Crippen molar-refractivity contribution in [1.82, 2.24) is 10.3 Å². The zero-order valence-electron chi connectivity index (χ0n) is 11.8. The maximum atomic E-state index is 12.5. The normalized spacial score (nSPS) is 29.4. The van der Waals surface area contributed by atoms with Gasteiger partial charge in [0.1, 0.15) is 0 Å². The van der Waals surface area contributed by atoms with Gasteiger partial charge >= 0.3 is 0 Å². The van der Waals surface area contributed by atoms with E-state index in [1.807, 2.05) is 0 Å². The number of hydrogen-bond acceptors (Lipinski definition) is 1. The van der Waals surface area contributed by atoms with Crippen LogP contribution >= 0.6 is 0 Å². The van der Waals surface area contributed by atoms with E-state index in [9.17, 15) is 4.79 Å². The summed E-state index contributed by atoms with van der Waals surface area (Å²) in [5, 5.41) is 4.39. The van der Waals surface area contributed by atoms with Crippen LogP contribution in [0.1, 0.15) is 43.4 Å². The summed E-state index contributed by atoms with van der Waals surface area (Å²) in [5.41, 5.74) is 3.74. The van der Waals surface area contributed by atoms with Crippen LogP contribution in [0, 0.1) is 5.41 Å². The van der Waals surface area contributed by atoms with Crippen molar-refractivity contribution in [3.05, 3.63) is 35.5 Å². The largest absolute Gasteiger partial charge is 0.358 e. The van der Waals surface area contributed by atoms with E-state index in [1.54, 1.807) is 0 Å². The number of H-pyrrole nitrogens is 1. The number of rotatable bonds is 0. The molecule has 0 bridgehead atoms. The van der Waals surface area contributed by atoms with Crippen molar-refractivity contribution in [2.45, 2.75) is 38.5 Å². The number of amides is 1. The smallest absolute Gasteiger partial charge is 0.226 e. The van der Waals surface area contributed by atoms with Gasteiger partial charge in [0.15, 0.2) is 0 Å². The van der Waals surface area contributed by atoms with Crippen LogP contribution < -0.4 is 5.32 Å². The molecule has 1 saturated heterocycles. The van der Waals surface area contributed by atoms with Crippen molar-refractivity contribution in [1.29, 1.82) is 0 Å². The van der Waals surface area contributed by atoms with Crippen LogP contribution in [0.2, 0.25) is 0 Å². The lowest BCUT2D eigenvalue weighted by molar-refractivity contribution is -0.135. The zero-order chi connectivity index (χ0) is 13.7. The summed E-state index contributed by atoms with van der Waals surface area (Å²) in [6.45, 7) is 3.08. The van der Waals surface area contributed by atoms with E-state index in [0.717, 1.165) is 32.2 Å². The highest BCUT2D eigenvalue weighted by atomic mass is 16.2. The number of aromatic nitrogens is 1. The predicted molar refractivity (Wildman–Crippen MR) is 79.7 cm³/mol. The van der Waals surface area contributed by atoms with Crippen molar-refractivity contribution in [3.8, 4) is 0 Å². The Morgan fingerprint density at radius 1 is 1.25 bits per heavy atom. The van der Waals surface area contributed by atoms with Gasteiger partial charge in [0, 0.05) is 23.1 Å². The zero-order valence-corrected chi connectivity index (χ0v) is 11.8.